The van der Waals surface area contributed by atoms with Gasteiger partial charge >= 0.3 is 0 Å². The van der Waals surface area contributed by atoms with Crippen LogP contribution in [0.5, 0.6) is 5.75 Å². The number of piperidine rings is 1. The van der Waals surface area contributed by atoms with Gasteiger partial charge < -0.3 is 9.64 Å². The summed E-state index contributed by atoms with van der Waals surface area (Å²) in [7, 11) is -3.29. The molecule has 7 heteroatoms. The molecule has 1 saturated heterocycles. The Bertz CT molecular complexity index is 899. The largest absolute Gasteiger partial charge is 0.493 e. The normalized spacial score (nSPS) is 16.7. The van der Waals surface area contributed by atoms with Crippen LogP contribution in [0, 0.1) is 5.92 Å². The van der Waals surface area contributed by atoms with E-state index in [-0.39, 0.29) is 5.03 Å². The maximum absolute atomic E-state index is 13.8. The third-order valence-corrected chi connectivity index (χ3v) is 6.10. The molecule has 2 heterocycles. The van der Waals surface area contributed by atoms with E-state index in [9.17, 15) is 12.8 Å². The molecule has 29 heavy (non-hydrogen) atoms. The molecule has 5 nitrogen and oxygen atoms in total. The predicted octanol–water partition coefficient (Wildman–Crippen LogP) is 3.99. The Kier molecular flexibility index (Phi) is 6.58. The molecule has 0 spiro atoms. The summed E-state index contributed by atoms with van der Waals surface area (Å²) in [6.07, 6.45) is 4.75. The molecule has 0 bridgehead atoms. The number of likely N-dealkylation sites (tertiary alicyclic amines) is 1. The van der Waals surface area contributed by atoms with Gasteiger partial charge in [0.05, 0.1) is 6.61 Å². The molecule has 0 unspecified atom stereocenters. The Morgan fingerprint density at radius 3 is 2.24 bits per heavy atom. The van der Waals surface area contributed by atoms with Gasteiger partial charge in [0.2, 0.25) is 0 Å². The average Bonchev–Trinajstić information content (AvgIpc) is 2.66. The van der Waals surface area contributed by atoms with Crippen molar-refractivity contribution in [2.24, 2.45) is 5.92 Å². The van der Waals surface area contributed by atoms with E-state index >= 15 is 0 Å². The number of benzene rings is 1. The lowest BCUT2D eigenvalue weighted by Crippen LogP contribution is -2.41. The van der Waals surface area contributed by atoms with Crippen molar-refractivity contribution in [2.45, 2.75) is 37.4 Å². The molecule has 158 valence electrons. The zero-order chi connectivity index (χ0) is 21.1. The second-order valence-electron chi connectivity index (χ2n) is 8.43. The van der Waals surface area contributed by atoms with E-state index in [0.29, 0.717) is 19.1 Å². The third-order valence-electron chi connectivity index (χ3n) is 5.10. The number of alkyl halides is 1. The fourth-order valence-electron chi connectivity index (χ4n) is 3.57. The topological polar surface area (TPSA) is 59.5 Å². The zero-order valence-corrected chi connectivity index (χ0v) is 18.1. The van der Waals surface area contributed by atoms with Crippen LogP contribution in [0.15, 0.2) is 47.6 Å². The summed E-state index contributed by atoms with van der Waals surface area (Å²) in [5.74, 6) is 1.29. The highest BCUT2D eigenvalue weighted by Gasteiger charge is 2.25. The van der Waals surface area contributed by atoms with Crippen molar-refractivity contribution in [1.29, 1.82) is 0 Å². The number of hydrogen-bond donors (Lipinski definition) is 0. The number of hydrogen-bond acceptors (Lipinski definition) is 5. The van der Waals surface area contributed by atoms with Gasteiger partial charge in [-0.2, -0.15) is 0 Å². The maximum Gasteiger partial charge on any atom is 0.192 e. The summed E-state index contributed by atoms with van der Waals surface area (Å²) < 4.78 is 42.7. The van der Waals surface area contributed by atoms with Crippen LogP contribution in [0.25, 0.3) is 11.1 Å². The predicted molar refractivity (Wildman–Crippen MR) is 113 cm³/mol. The zero-order valence-electron chi connectivity index (χ0n) is 17.3. The fraction of sp³-hybridized carbons (Fsp3) is 0.500. The van der Waals surface area contributed by atoms with Crippen molar-refractivity contribution in [2.75, 3.05) is 32.5 Å². The first kappa shape index (κ1) is 21.7. The van der Waals surface area contributed by atoms with Crippen LogP contribution in [0.3, 0.4) is 0 Å². The number of aromatic nitrogens is 1. The summed E-state index contributed by atoms with van der Waals surface area (Å²) in [6, 6.07) is 11.0. The van der Waals surface area contributed by atoms with Gasteiger partial charge in [0.15, 0.2) is 14.9 Å². The highest BCUT2D eigenvalue weighted by atomic mass is 32.2. The van der Waals surface area contributed by atoms with Gasteiger partial charge in [-0.3, -0.25) is 0 Å². The van der Waals surface area contributed by atoms with Crippen LogP contribution in [0.4, 0.5) is 4.39 Å². The monoisotopic (exact) mass is 420 g/mol. The van der Waals surface area contributed by atoms with Crippen molar-refractivity contribution in [3.63, 3.8) is 0 Å². The molecule has 0 N–H and O–H groups in total. The molecule has 1 aliphatic heterocycles. The first-order chi connectivity index (χ1) is 13.6. The first-order valence-corrected chi connectivity index (χ1v) is 11.8. The minimum Gasteiger partial charge on any atom is -0.493 e. The van der Waals surface area contributed by atoms with E-state index in [4.69, 9.17) is 4.74 Å². The lowest BCUT2D eigenvalue weighted by atomic mass is 9.97. The number of nitrogens with zero attached hydrogens (tertiary/aromatic N) is 2. The minimum atomic E-state index is -3.29. The lowest BCUT2D eigenvalue weighted by molar-refractivity contribution is 0.0836. The van der Waals surface area contributed by atoms with Gasteiger partial charge in [-0.25, -0.2) is 17.8 Å². The molecule has 0 amide bonds. The average molecular weight is 421 g/mol. The van der Waals surface area contributed by atoms with Crippen LogP contribution in [0.1, 0.15) is 26.7 Å². The number of ether oxygens (including phenoxy) is 1. The van der Waals surface area contributed by atoms with E-state index in [1.807, 2.05) is 24.3 Å². The van der Waals surface area contributed by atoms with Crippen LogP contribution in [-0.2, 0) is 9.84 Å². The fourth-order valence-corrected chi connectivity index (χ4v) is 4.13. The molecule has 0 atom stereocenters. The molecule has 2 aromatic rings. The summed E-state index contributed by atoms with van der Waals surface area (Å²) in [6.45, 7) is 6.23. The van der Waals surface area contributed by atoms with Crippen molar-refractivity contribution in [1.82, 2.24) is 9.88 Å². The molecular weight excluding hydrogens is 391 g/mol. The van der Waals surface area contributed by atoms with Crippen molar-refractivity contribution in [3.8, 4) is 16.9 Å². The summed E-state index contributed by atoms with van der Waals surface area (Å²) in [5.41, 5.74) is 0.658. The SMILES string of the molecule is CC(C)(F)CN1CCC(COc2ccc(-c3ccc(S(C)(=O)=O)nc3)cc2)CC1. The van der Waals surface area contributed by atoms with Crippen LogP contribution >= 0.6 is 0 Å². The second kappa shape index (κ2) is 8.79. The Morgan fingerprint density at radius 1 is 1.10 bits per heavy atom. The van der Waals surface area contributed by atoms with Crippen molar-refractivity contribution in [3.05, 3.63) is 42.6 Å². The van der Waals surface area contributed by atoms with Crippen LogP contribution < -0.4 is 4.74 Å². The quantitative estimate of drug-likeness (QED) is 0.678. The maximum atomic E-state index is 13.8. The summed E-state index contributed by atoms with van der Waals surface area (Å²) >= 11 is 0. The summed E-state index contributed by atoms with van der Waals surface area (Å²) in [5, 5.41) is 0.0716. The number of rotatable bonds is 7. The van der Waals surface area contributed by atoms with Gasteiger partial charge in [-0.1, -0.05) is 12.1 Å². The van der Waals surface area contributed by atoms with E-state index in [2.05, 4.69) is 9.88 Å². The van der Waals surface area contributed by atoms with Gasteiger partial charge in [-0.15, -0.1) is 0 Å². The highest BCUT2D eigenvalue weighted by molar-refractivity contribution is 7.90. The number of sulfone groups is 1. The van der Waals surface area contributed by atoms with Gasteiger partial charge in [-0.05, 0) is 75.5 Å². The van der Waals surface area contributed by atoms with E-state index in [1.54, 1.807) is 26.1 Å². The molecule has 1 aromatic heterocycles. The second-order valence-corrected chi connectivity index (χ2v) is 10.4. The van der Waals surface area contributed by atoms with Gasteiger partial charge in [0.25, 0.3) is 0 Å². The third kappa shape index (κ3) is 6.51. The Morgan fingerprint density at radius 2 is 1.72 bits per heavy atom. The molecule has 0 radical (unpaired) electrons. The number of pyridine rings is 1. The minimum absolute atomic E-state index is 0.0716. The van der Waals surface area contributed by atoms with Gasteiger partial charge in [0.1, 0.15) is 11.4 Å². The molecule has 3 rings (SSSR count). The van der Waals surface area contributed by atoms with Gasteiger partial charge in [0, 0.05) is 24.6 Å². The molecule has 1 aromatic carbocycles. The first-order valence-electron chi connectivity index (χ1n) is 9.91. The van der Waals surface area contributed by atoms with E-state index < -0.39 is 15.5 Å². The number of halogens is 1. The molecular formula is C22H29FN2O3S. The van der Waals surface area contributed by atoms with E-state index in [1.165, 1.54) is 6.07 Å². The molecule has 1 aliphatic rings. The molecule has 0 aliphatic carbocycles. The van der Waals surface area contributed by atoms with Crippen molar-refractivity contribution >= 4 is 9.84 Å². The van der Waals surface area contributed by atoms with E-state index in [0.717, 1.165) is 49.1 Å². The molecule has 1 fully saturated rings. The molecule has 0 saturated carbocycles. The lowest BCUT2D eigenvalue weighted by Gasteiger charge is -2.34. The smallest absolute Gasteiger partial charge is 0.192 e. The Balaban J connectivity index is 1.50. The van der Waals surface area contributed by atoms with Crippen molar-refractivity contribution < 1.29 is 17.5 Å². The Hall–Kier alpha value is -1.99. The van der Waals surface area contributed by atoms with Crippen LogP contribution in [0.2, 0.25) is 0 Å². The van der Waals surface area contributed by atoms with Crippen LogP contribution in [-0.4, -0.2) is 56.5 Å². The highest BCUT2D eigenvalue weighted by Crippen LogP contribution is 2.25. The Labute approximate surface area is 172 Å². The summed E-state index contributed by atoms with van der Waals surface area (Å²) in [4.78, 5) is 6.22. The standard InChI is InChI=1S/C22H29FN2O3S/c1-22(2,23)16-25-12-10-17(11-13-25)15-28-20-7-4-18(5-8-20)19-6-9-21(24-14-19)29(3,26)27/h4-9,14,17H,10-13,15-16H2,1-3H3.